The van der Waals surface area contributed by atoms with Crippen molar-refractivity contribution in [3.63, 3.8) is 0 Å². The van der Waals surface area contributed by atoms with Crippen LogP contribution < -0.4 is 5.32 Å². The fourth-order valence-electron chi connectivity index (χ4n) is 2.58. The van der Waals surface area contributed by atoms with E-state index in [1.165, 1.54) is 18.5 Å². The fourth-order valence-corrected chi connectivity index (χ4v) is 3.12. The molecule has 0 bridgehead atoms. The normalized spacial score (nSPS) is 18.9. The second kappa shape index (κ2) is 6.17. The number of nitrogens with one attached hydrogen (secondary N) is 1. The first-order chi connectivity index (χ1) is 8.69. The van der Waals surface area contributed by atoms with Crippen LogP contribution in [0.5, 0.6) is 0 Å². The van der Waals surface area contributed by atoms with Crippen molar-refractivity contribution >= 4 is 15.9 Å². The number of aromatic nitrogens is 2. The molecule has 1 aliphatic rings. The van der Waals surface area contributed by atoms with Crippen molar-refractivity contribution in [2.24, 2.45) is 11.8 Å². The Labute approximate surface area is 117 Å². The third-order valence-corrected chi connectivity index (χ3v) is 4.45. The van der Waals surface area contributed by atoms with E-state index in [4.69, 9.17) is 4.74 Å². The summed E-state index contributed by atoms with van der Waals surface area (Å²) in [7, 11) is 3.75. The Morgan fingerprint density at radius 1 is 1.61 bits per heavy atom. The molecule has 1 aromatic heterocycles. The Hall–Kier alpha value is -0.390. The molecule has 0 saturated heterocycles. The molecule has 1 N–H and O–H groups in total. The van der Waals surface area contributed by atoms with Gasteiger partial charge in [-0.05, 0) is 47.7 Å². The summed E-state index contributed by atoms with van der Waals surface area (Å²) in [6, 6.07) is 0.353. The number of methoxy groups -OCH3 is 1. The van der Waals surface area contributed by atoms with Gasteiger partial charge in [-0.2, -0.15) is 5.10 Å². The molecular formula is C13H22BrN3O. The molecule has 1 aromatic rings. The first-order valence-electron chi connectivity index (χ1n) is 6.56. The van der Waals surface area contributed by atoms with E-state index >= 15 is 0 Å². The average molecular weight is 316 g/mol. The lowest BCUT2D eigenvalue weighted by molar-refractivity contribution is 0.180. The molecule has 0 radical (unpaired) electrons. The molecule has 18 heavy (non-hydrogen) atoms. The van der Waals surface area contributed by atoms with Crippen molar-refractivity contribution in [2.45, 2.75) is 32.4 Å². The van der Waals surface area contributed by atoms with Gasteiger partial charge < -0.3 is 10.1 Å². The zero-order chi connectivity index (χ0) is 13.1. The van der Waals surface area contributed by atoms with E-state index in [1.807, 2.05) is 17.9 Å². The molecule has 4 nitrogen and oxygen atoms in total. The predicted molar refractivity (Wildman–Crippen MR) is 75.5 cm³/mol. The minimum absolute atomic E-state index is 0.353. The van der Waals surface area contributed by atoms with Crippen LogP contribution in [-0.4, -0.2) is 30.5 Å². The maximum Gasteiger partial charge on any atom is 0.0699 e. The van der Waals surface area contributed by atoms with Crippen LogP contribution in [0.4, 0.5) is 0 Å². The number of rotatable bonds is 7. The highest BCUT2D eigenvalue weighted by atomic mass is 79.9. The van der Waals surface area contributed by atoms with Crippen LogP contribution in [0, 0.1) is 11.8 Å². The Balaban J connectivity index is 2.19. The molecule has 0 aromatic carbocycles. The first kappa shape index (κ1) is 14.0. The van der Waals surface area contributed by atoms with Crippen molar-refractivity contribution in [1.29, 1.82) is 0 Å². The van der Waals surface area contributed by atoms with E-state index in [1.54, 1.807) is 7.11 Å². The summed E-state index contributed by atoms with van der Waals surface area (Å²) in [5.74, 6) is 1.50. The molecule has 2 atom stereocenters. The number of nitrogens with zero attached hydrogens (tertiary/aromatic N) is 2. The van der Waals surface area contributed by atoms with Crippen LogP contribution in [0.1, 0.15) is 31.5 Å². The molecule has 2 rings (SSSR count). The van der Waals surface area contributed by atoms with Gasteiger partial charge in [-0.3, -0.25) is 4.68 Å². The van der Waals surface area contributed by atoms with E-state index < -0.39 is 0 Å². The summed E-state index contributed by atoms with van der Waals surface area (Å²) >= 11 is 3.62. The van der Waals surface area contributed by atoms with Gasteiger partial charge in [-0.25, -0.2) is 0 Å². The van der Waals surface area contributed by atoms with E-state index in [0.717, 1.165) is 16.9 Å². The van der Waals surface area contributed by atoms with Crippen molar-refractivity contribution in [2.75, 3.05) is 20.8 Å². The summed E-state index contributed by atoms with van der Waals surface area (Å²) in [5, 5.41) is 7.89. The summed E-state index contributed by atoms with van der Waals surface area (Å²) < 4.78 is 8.28. The fraction of sp³-hybridized carbons (Fsp3) is 0.769. The van der Waals surface area contributed by atoms with Crippen molar-refractivity contribution in [3.05, 3.63) is 16.4 Å². The van der Waals surface area contributed by atoms with Gasteiger partial charge >= 0.3 is 0 Å². The number of hydrogen-bond donors (Lipinski definition) is 1. The zero-order valence-corrected chi connectivity index (χ0v) is 12.9. The quantitative estimate of drug-likeness (QED) is 0.840. The summed E-state index contributed by atoms with van der Waals surface area (Å²) in [4.78, 5) is 0. The molecule has 5 heteroatoms. The summed E-state index contributed by atoms with van der Waals surface area (Å²) in [6.07, 6.45) is 4.61. The maximum absolute atomic E-state index is 5.15. The molecule has 1 saturated carbocycles. The van der Waals surface area contributed by atoms with Crippen molar-refractivity contribution < 1.29 is 4.74 Å². The van der Waals surface area contributed by atoms with E-state index in [9.17, 15) is 0 Å². The third-order valence-electron chi connectivity index (χ3n) is 3.84. The third kappa shape index (κ3) is 2.95. The lowest BCUT2D eigenvalue weighted by Crippen LogP contribution is -2.28. The molecule has 1 heterocycles. The van der Waals surface area contributed by atoms with Gasteiger partial charge in [0.05, 0.1) is 35.6 Å². The standard InChI is InChI=1S/C13H22BrN3O/c1-9(10-4-5-10)12(15-2)13-11(14)8-16-17(13)6-7-18-3/h8-10,12,15H,4-7H2,1-3H3. The molecule has 0 aliphatic heterocycles. The van der Waals surface area contributed by atoms with Gasteiger partial charge in [-0.15, -0.1) is 0 Å². The average Bonchev–Trinajstić information content (AvgIpc) is 3.15. The van der Waals surface area contributed by atoms with Gasteiger partial charge in [-0.1, -0.05) is 6.92 Å². The van der Waals surface area contributed by atoms with Gasteiger partial charge in [0.25, 0.3) is 0 Å². The molecule has 0 amide bonds. The Bertz CT molecular complexity index is 390. The van der Waals surface area contributed by atoms with E-state index in [0.29, 0.717) is 18.6 Å². The molecule has 2 unspecified atom stereocenters. The molecular weight excluding hydrogens is 294 g/mol. The Morgan fingerprint density at radius 3 is 2.89 bits per heavy atom. The summed E-state index contributed by atoms with van der Waals surface area (Å²) in [6.45, 7) is 3.82. The van der Waals surface area contributed by atoms with Crippen LogP contribution >= 0.6 is 15.9 Å². The van der Waals surface area contributed by atoms with Crippen molar-refractivity contribution in [3.8, 4) is 0 Å². The van der Waals surface area contributed by atoms with Gasteiger partial charge in [0, 0.05) is 7.11 Å². The van der Waals surface area contributed by atoms with Crippen LogP contribution in [-0.2, 0) is 11.3 Å². The minimum Gasteiger partial charge on any atom is -0.383 e. The SMILES string of the molecule is CNC(c1c(Br)cnn1CCOC)C(C)C1CC1. The molecule has 1 fully saturated rings. The highest BCUT2D eigenvalue weighted by molar-refractivity contribution is 9.10. The Kier molecular flexibility index (Phi) is 4.81. The predicted octanol–water partition coefficient (Wildman–Crippen LogP) is 2.60. The first-order valence-corrected chi connectivity index (χ1v) is 7.35. The van der Waals surface area contributed by atoms with Crippen LogP contribution in [0.15, 0.2) is 10.7 Å². The largest absolute Gasteiger partial charge is 0.383 e. The summed E-state index contributed by atoms with van der Waals surface area (Å²) in [5.41, 5.74) is 1.24. The molecule has 102 valence electrons. The van der Waals surface area contributed by atoms with E-state index in [-0.39, 0.29) is 0 Å². The lowest BCUT2D eigenvalue weighted by atomic mass is 9.94. The van der Waals surface area contributed by atoms with Crippen molar-refractivity contribution in [1.82, 2.24) is 15.1 Å². The molecule has 0 spiro atoms. The zero-order valence-electron chi connectivity index (χ0n) is 11.3. The van der Waals surface area contributed by atoms with Gasteiger partial charge in [0.15, 0.2) is 0 Å². The van der Waals surface area contributed by atoms with Crippen LogP contribution in [0.3, 0.4) is 0 Å². The van der Waals surface area contributed by atoms with Crippen LogP contribution in [0.2, 0.25) is 0 Å². The second-order valence-electron chi connectivity index (χ2n) is 5.06. The van der Waals surface area contributed by atoms with Crippen LogP contribution in [0.25, 0.3) is 0 Å². The highest BCUT2D eigenvalue weighted by Gasteiger charge is 2.35. The monoisotopic (exact) mass is 315 g/mol. The minimum atomic E-state index is 0.353. The lowest BCUT2D eigenvalue weighted by Gasteiger charge is -2.25. The van der Waals surface area contributed by atoms with Gasteiger partial charge in [0.1, 0.15) is 0 Å². The smallest absolute Gasteiger partial charge is 0.0699 e. The Morgan fingerprint density at radius 2 is 2.33 bits per heavy atom. The maximum atomic E-state index is 5.15. The number of hydrogen-bond acceptors (Lipinski definition) is 3. The number of ether oxygens (including phenoxy) is 1. The van der Waals surface area contributed by atoms with E-state index in [2.05, 4.69) is 33.3 Å². The topological polar surface area (TPSA) is 39.1 Å². The highest BCUT2D eigenvalue weighted by Crippen LogP contribution is 2.43. The second-order valence-corrected chi connectivity index (χ2v) is 5.91. The number of halogens is 1. The van der Waals surface area contributed by atoms with Gasteiger partial charge in [0.2, 0.25) is 0 Å². The molecule has 1 aliphatic carbocycles.